The minimum atomic E-state index is -0.180. The molecule has 2 aliphatic rings. The number of anilines is 1. The molecule has 2 heterocycles. The molecule has 2 atom stereocenters. The molecular formula is C32H39FN2O3. The van der Waals surface area contributed by atoms with Crippen molar-refractivity contribution in [2.24, 2.45) is 5.92 Å². The maximum Gasteiger partial charge on any atom is 0.146 e. The summed E-state index contributed by atoms with van der Waals surface area (Å²) in [5.74, 6) is 1.94. The third-order valence-corrected chi connectivity index (χ3v) is 8.37. The van der Waals surface area contributed by atoms with Crippen LogP contribution in [0, 0.1) is 11.7 Å². The number of benzene rings is 3. The molecular weight excluding hydrogens is 479 g/mol. The summed E-state index contributed by atoms with van der Waals surface area (Å²) >= 11 is 0. The van der Waals surface area contributed by atoms with Crippen LogP contribution >= 0.6 is 0 Å². The summed E-state index contributed by atoms with van der Waals surface area (Å²) in [5.41, 5.74) is 3.62. The predicted molar refractivity (Wildman–Crippen MR) is 150 cm³/mol. The van der Waals surface area contributed by atoms with E-state index in [1.165, 1.54) is 0 Å². The lowest BCUT2D eigenvalue weighted by Gasteiger charge is -2.37. The molecule has 1 saturated heterocycles. The number of phenolic OH excluding ortho intramolecular Hbond substituents is 1. The number of nitrogens with zero attached hydrogens (tertiary/aromatic N) is 2. The van der Waals surface area contributed by atoms with Gasteiger partial charge in [0.15, 0.2) is 0 Å². The maximum absolute atomic E-state index is 15.8. The Morgan fingerprint density at radius 2 is 1.79 bits per heavy atom. The third kappa shape index (κ3) is 5.46. The van der Waals surface area contributed by atoms with Crippen molar-refractivity contribution < 1.29 is 19.0 Å². The molecule has 3 aromatic carbocycles. The molecule has 3 aromatic rings. The molecule has 1 fully saturated rings. The number of aromatic hydroxyl groups is 1. The van der Waals surface area contributed by atoms with Gasteiger partial charge < -0.3 is 24.4 Å². The number of methoxy groups -OCH3 is 1. The summed E-state index contributed by atoms with van der Waals surface area (Å²) in [6.07, 6.45) is 2.18. The molecule has 0 amide bonds. The number of halogens is 1. The van der Waals surface area contributed by atoms with Crippen LogP contribution in [-0.4, -0.2) is 56.4 Å². The van der Waals surface area contributed by atoms with E-state index in [1.54, 1.807) is 25.3 Å². The number of fused-ring (bicyclic) bond motifs is 1. The van der Waals surface area contributed by atoms with Crippen LogP contribution in [0.2, 0.25) is 0 Å². The van der Waals surface area contributed by atoms with Crippen molar-refractivity contribution in [2.75, 3.05) is 51.3 Å². The first-order valence-electron chi connectivity index (χ1n) is 13.9. The van der Waals surface area contributed by atoms with Crippen molar-refractivity contribution in [3.8, 4) is 17.2 Å². The minimum Gasteiger partial charge on any atom is -0.508 e. The molecule has 0 aromatic heterocycles. The fourth-order valence-electron chi connectivity index (χ4n) is 6.15. The van der Waals surface area contributed by atoms with Crippen LogP contribution in [0.15, 0.2) is 60.7 Å². The number of hydrogen-bond donors (Lipinski definition) is 1. The monoisotopic (exact) mass is 518 g/mol. The highest BCUT2D eigenvalue weighted by Crippen LogP contribution is 2.48. The second kappa shape index (κ2) is 11.6. The first-order chi connectivity index (χ1) is 18.5. The van der Waals surface area contributed by atoms with E-state index in [1.807, 2.05) is 30.3 Å². The molecule has 6 heteroatoms. The van der Waals surface area contributed by atoms with Gasteiger partial charge in [0.2, 0.25) is 0 Å². The van der Waals surface area contributed by atoms with Crippen LogP contribution in [0.4, 0.5) is 10.1 Å². The highest BCUT2D eigenvalue weighted by molar-refractivity contribution is 5.55. The second-order valence-electron chi connectivity index (χ2n) is 10.5. The Balaban J connectivity index is 1.42. The Morgan fingerprint density at radius 1 is 1.00 bits per heavy atom. The quantitative estimate of drug-likeness (QED) is 0.374. The number of hydrogen-bond acceptors (Lipinski definition) is 5. The third-order valence-electron chi connectivity index (χ3n) is 8.37. The van der Waals surface area contributed by atoms with Crippen LogP contribution < -0.4 is 14.4 Å². The standard InChI is InChI=1S/C32H39FN2O3/c1-4-34(5-2)20-22-13-15-35(16-14-22)30-12-9-24(18-29(30)33)32-27-11-10-25(36)19-31(27)38-21-28(32)23-7-6-8-26(17-23)37-3/h6-12,17-19,22,28,32,36H,4-5,13-16,20-21H2,1-3H3. The van der Waals surface area contributed by atoms with E-state index in [0.29, 0.717) is 24.0 Å². The van der Waals surface area contributed by atoms with Crippen LogP contribution in [-0.2, 0) is 0 Å². The van der Waals surface area contributed by atoms with Gasteiger partial charge in [0.25, 0.3) is 0 Å². The smallest absolute Gasteiger partial charge is 0.146 e. The summed E-state index contributed by atoms with van der Waals surface area (Å²) in [6, 6.07) is 19.0. The largest absolute Gasteiger partial charge is 0.508 e. The van der Waals surface area contributed by atoms with Crippen molar-refractivity contribution >= 4 is 5.69 Å². The SMILES string of the molecule is CCN(CC)CC1CCN(c2ccc(C3c4ccc(O)cc4OCC3c3cccc(OC)c3)cc2F)CC1. The van der Waals surface area contributed by atoms with Crippen LogP contribution in [0.25, 0.3) is 0 Å². The van der Waals surface area contributed by atoms with Crippen LogP contribution in [0.5, 0.6) is 17.2 Å². The van der Waals surface area contributed by atoms with E-state index in [9.17, 15) is 5.11 Å². The molecule has 0 saturated carbocycles. The highest BCUT2D eigenvalue weighted by atomic mass is 19.1. The topological polar surface area (TPSA) is 45.2 Å². The first-order valence-corrected chi connectivity index (χ1v) is 13.9. The number of phenols is 1. The average molecular weight is 519 g/mol. The van der Waals surface area contributed by atoms with Crippen molar-refractivity contribution in [2.45, 2.75) is 38.5 Å². The zero-order valence-electron chi connectivity index (χ0n) is 22.7. The predicted octanol–water partition coefficient (Wildman–Crippen LogP) is 6.41. The normalized spacial score (nSPS) is 19.8. The molecule has 1 N–H and O–H groups in total. The van der Waals surface area contributed by atoms with Crippen molar-refractivity contribution in [3.05, 3.63) is 83.2 Å². The number of piperidine rings is 1. The highest BCUT2D eigenvalue weighted by Gasteiger charge is 2.34. The Kier molecular flexibility index (Phi) is 8.08. The molecule has 5 nitrogen and oxygen atoms in total. The Labute approximate surface area is 225 Å². The number of rotatable bonds is 8. The van der Waals surface area contributed by atoms with E-state index in [4.69, 9.17) is 9.47 Å². The van der Waals surface area contributed by atoms with E-state index < -0.39 is 0 Å². The van der Waals surface area contributed by atoms with E-state index in [0.717, 1.165) is 68.0 Å². The molecule has 0 radical (unpaired) electrons. The maximum atomic E-state index is 15.8. The summed E-state index contributed by atoms with van der Waals surface area (Å²) in [6.45, 7) is 9.92. The van der Waals surface area contributed by atoms with E-state index in [2.05, 4.69) is 35.8 Å². The lowest BCUT2D eigenvalue weighted by molar-refractivity contribution is 0.229. The summed E-state index contributed by atoms with van der Waals surface area (Å²) in [4.78, 5) is 4.69. The first kappa shape index (κ1) is 26.4. The molecule has 2 unspecified atom stereocenters. The van der Waals surface area contributed by atoms with Gasteiger partial charge in [0.05, 0.1) is 19.4 Å². The van der Waals surface area contributed by atoms with E-state index in [-0.39, 0.29) is 23.4 Å². The second-order valence-corrected chi connectivity index (χ2v) is 10.5. The van der Waals surface area contributed by atoms with Crippen LogP contribution in [0.1, 0.15) is 55.2 Å². The van der Waals surface area contributed by atoms with Gasteiger partial charge in [0, 0.05) is 43.1 Å². The summed E-state index contributed by atoms with van der Waals surface area (Å²) < 4.78 is 27.3. The Morgan fingerprint density at radius 3 is 2.50 bits per heavy atom. The Hall–Kier alpha value is -3.25. The van der Waals surface area contributed by atoms with Crippen molar-refractivity contribution in [3.63, 3.8) is 0 Å². The van der Waals surface area contributed by atoms with Gasteiger partial charge in [0.1, 0.15) is 23.1 Å². The van der Waals surface area contributed by atoms with Crippen molar-refractivity contribution in [1.29, 1.82) is 0 Å². The molecule has 202 valence electrons. The zero-order valence-corrected chi connectivity index (χ0v) is 22.7. The molecule has 5 rings (SSSR count). The van der Waals surface area contributed by atoms with Crippen LogP contribution in [0.3, 0.4) is 0 Å². The van der Waals surface area contributed by atoms with Gasteiger partial charge in [-0.3, -0.25) is 0 Å². The van der Waals surface area contributed by atoms with E-state index >= 15 is 4.39 Å². The van der Waals surface area contributed by atoms with Gasteiger partial charge in [-0.15, -0.1) is 0 Å². The zero-order chi connectivity index (χ0) is 26.6. The molecule has 0 spiro atoms. The van der Waals surface area contributed by atoms with Gasteiger partial charge >= 0.3 is 0 Å². The van der Waals surface area contributed by atoms with Crippen molar-refractivity contribution in [1.82, 2.24) is 4.90 Å². The van der Waals surface area contributed by atoms with Gasteiger partial charge in [-0.05, 0) is 73.3 Å². The van der Waals surface area contributed by atoms with Gasteiger partial charge in [-0.1, -0.05) is 38.1 Å². The summed E-state index contributed by atoms with van der Waals surface area (Å²) in [5, 5.41) is 10.1. The summed E-state index contributed by atoms with van der Waals surface area (Å²) in [7, 11) is 1.66. The fourth-order valence-corrected chi connectivity index (χ4v) is 6.15. The lowest BCUT2D eigenvalue weighted by Crippen LogP contribution is -2.39. The molecule has 38 heavy (non-hydrogen) atoms. The van der Waals surface area contributed by atoms with Gasteiger partial charge in [-0.25, -0.2) is 4.39 Å². The molecule has 2 aliphatic heterocycles. The Bertz CT molecular complexity index is 1240. The minimum absolute atomic E-state index is 0.0248. The fraction of sp³-hybridized carbons (Fsp3) is 0.438. The number of ether oxygens (including phenoxy) is 2. The molecule has 0 bridgehead atoms. The average Bonchev–Trinajstić information content (AvgIpc) is 2.95. The molecule has 0 aliphatic carbocycles. The lowest BCUT2D eigenvalue weighted by atomic mass is 9.75. The van der Waals surface area contributed by atoms with Gasteiger partial charge in [-0.2, -0.15) is 0 Å².